The summed E-state index contributed by atoms with van der Waals surface area (Å²) in [7, 11) is 0. The van der Waals surface area contributed by atoms with Crippen LogP contribution in [0.5, 0.6) is 0 Å². The third kappa shape index (κ3) is 2.38. The summed E-state index contributed by atoms with van der Waals surface area (Å²) in [5.74, 6) is -0.369. The molecular formula is C17H13FN2O. The minimum Gasteiger partial charge on any atom is -0.330 e. The molecule has 0 N–H and O–H groups in total. The van der Waals surface area contributed by atoms with E-state index in [1.54, 1.807) is 24.0 Å². The van der Waals surface area contributed by atoms with Crippen LogP contribution in [0.15, 0.2) is 36.4 Å². The van der Waals surface area contributed by atoms with Gasteiger partial charge in [-0.3, -0.25) is 4.79 Å². The maximum atomic E-state index is 13.4. The van der Waals surface area contributed by atoms with E-state index in [9.17, 15) is 9.18 Å². The van der Waals surface area contributed by atoms with Crippen molar-refractivity contribution >= 4 is 5.91 Å². The van der Waals surface area contributed by atoms with E-state index in [1.165, 1.54) is 12.1 Å². The first-order valence-corrected chi connectivity index (χ1v) is 6.66. The Morgan fingerprint density at radius 1 is 1.29 bits per heavy atom. The van der Waals surface area contributed by atoms with E-state index >= 15 is 0 Å². The first kappa shape index (κ1) is 13.3. The monoisotopic (exact) mass is 280 g/mol. The molecule has 4 heteroatoms. The number of benzene rings is 2. The molecule has 0 unspecified atom stereocenters. The maximum Gasteiger partial charge on any atom is 0.255 e. The minimum atomic E-state index is -0.306. The third-order valence-corrected chi connectivity index (χ3v) is 3.70. The minimum absolute atomic E-state index is 0.0631. The Kier molecular flexibility index (Phi) is 3.19. The van der Waals surface area contributed by atoms with Crippen LogP contribution in [0.2, 0.25) is 0 Å². The highest BCUT2D eigenvalue weighted by atomic mass is 19.1. The number of carbonyl (C=O) groups excluding carboxylic acids is 1. The molecule has 1 aliphatic heterocycles. The highest BCUT2D eigenvalue weighted by molar-refractivity contribution is 5.99. The molecule has 0 saturated carbocycles. The summed E-state index contributed by atoms with van der Waals surface area (Å²) in [6.45, 7) is 2.64. The molecule has 0 radical (unpaired) electrons. The SMILES string of the molecule is Cc1cc(F)cc2c1C(=O)N(Cc1ccc(C#N)cc1)C2. The molecule has 0 saturated heterocycles. The van der Waals surface area contributed by atoms with Crippen LogP contribution in [-0.4, -0.2) is 10.8 Å². The number of carbonyl (C=O) groups is 1. The lowest BCUT2D eigenvalue weighted by atomic mass is 10.0. The normalized spacial score (nSPS) is 13.2. The Hall–Kier alpha value is -2.67. The standard InChI is InChI=1S/C17H13FN2O/c1-11-6-15(18)7-14-10-20(17(21)16(11)14)9-13-4-2-12(8-19)3-5-13/h2-7H,9-10H2,1H3. The molecule has 104 valence electrons. The smallest absolute Gasteiger partial charge is 0.255 e. The van der Waals surface area contributed by atoms with Gasteiger partial charge in [-0.05, 0) is 47.9 Å². The highest BCUT2D eigenvalue weighted by Crippen LogP contribution is 2.28. The van der Waals surface area contributed by atoms with E-state index in [-0.39, 0.29) is 11.7 Å². The number of aryl methyl sites for hydroxylation is 1. The molecule has 21 heavy (non-hydrogen) atoms. The van der Waals surface area contributed by atoms with Crippen molar-refractivity contribution in [1.82, 2.24) is 4.90 Å². The van der Waals surface area contributed by atoms with Crippen molar-refractivity contribution in [2.24, 2.45) is 0 Å². The lowest BCUT2D eigenvalue weighted by Gasteiger charge is -2.15. The first-order chi connectivity index (χ1) is 10.1. The Bertz CT molecular complexity index is 760. The third-order valence-electron chi connectivity index (χ3n) is 3.70. The van der Waals surface area contributed by atoms with Gasteiger partial charge in [-0.1, -0.05) is 12.1 Å². The second-order valence-electron chi connectivity index (χ2n) is 5.23. The van der Waals surface area contributed by atoms with E-state index < -0.39 is 0 Å². The molecule has 0 spiro atoms. The summed E-state index contributed by atoms with van der Waals surface area (Å²) in [5.41, 5.74) is 3.58. The second-order valence-corrected chi connectivity index (χ2v) is 5.23. The predicted molar refractivity (Wildman–Crippen MR) is 75.9 cm³/mol. The van der Waals surface area contributed by atoms with Crippen LogP contribution in [-0.2, 0) is 13.1 Å². The highest BCUT2D eigenvalue weighted by Gasteiger charge is 2.29. The molecule has 2 aromatic rings. The fraction of sp³-hybridized carbons (Fsp3) is 0.176. The van der Waals surface area contributed by atoms with Gasteiger partial charge in [0.15, 0.2) is 0 Å². The molecular weight excluding hydrogens is 267 g/mol. The van der Waals surface area contributed by atoms with Crippen molar-refractivity contribution in [1.29, 1.82) is 5.26 Å². The van der Waals surface area contributed by atoms with Crippen molar-refractivity contribution < 1.29 is 9.18 Å². The average molecular weight is 280 g/mol. The van der Waals surface area contributed by atoms with Crippen LogP contribution in [0.1, 0.15) is 32.6 Å². The second kappa shape index (κ2) is 5.02. The van der Waals surface area contributed by atoms with Crippen LogP contribution in [0, 0.1) is 24.1 Å². The number of hydrogen-bond acceptors (Lipinski definition) is 2. The van der Waals surface area contributed by atoms with Gasteiger partial charge in [-0.15, -0.1) is 0 Å². The Balaban J connectivity index is 1.84. The summed E-state index contributed by atoms with van der Waals surface area (Å²) >= 11 is 0. The molecule has 3 rings (SSSR count). The van der Waals surface area contributed by atoms with Crippen molar-refractivity contribution in [2.75, 3.05) is 0 Å². The fourth-order valence-corrected chi connectivity index (χ4v) is 2.71. The molecule has 0 atom stereocenters. The van der Waals surface area contributed by atoms with Gasteiger partial charge in [0.2, 0.25) is 0 Å². The average Bonchev–Trinajstić information content (AvgIpc) is 2.76. The zero-order valence-electron chi connectivity index (χ0n) is 11.6. The number of nitriles is 1. The summed E-state index contributed by atoms with van der Waals surface area (Å²) in [5, 5.41) is 8.78. The molecule has 0 bridgehead atoms. The molecule has 0 fully saturated rings. The Labute approximate surface area is 122 Å². The number of hydrogen-bond donors (Lipinski definition) is 0. The van der Waals surface area contributed by atoms with Gasteiger partial charge in [-0.25, -0.2) is 4.39 Å². The van der Waals surface area contributed by atoms with Crippen LogP contribution in [0.4, 0.5) is 4.39 Å². The van der Waals surface area contributed by atoms with E-state index in [2.05, 4.69) is 6.07 Å². The van der Waals surface area contributed by atoms with E-state index in [0.29, 0.717) is 29.8 Å². The number of fused-ring (bicyclic) bond motifs is 1. The summed E-state index contributed by atoms with van der Waals surface area (Å²) in [6, 6.07) is 12.0. The van der Waals surface area contributed by atoms with Crippen molar-refractivity contribution in [2.45, 2.75) is 20.0 Å². The number of rotatable bonds is 2. The zero-order valence-corrected chi connectivity index (χ0v) is 11.6. The number of halogens is 1. The quantitative estimate of drug-likeness (QED) is 0.848. The van der Waals surface area contributed by atoms with E-state index in [4.69, 9.17) is 5.26 Å². The first-order valence-electron chi connectivity index (χ1n) is 6.66. The fourth-order valence-electron chi connectivity index (χ4n) is 2.71. The largest absolute Gasteiger partial charge is 0.330 e. The van der Waals surface area contributed by atoms with Crippen molar-refractivity contribution in [3.05, 3.63) is 70.0 Å². The molecule has 0 aromatic heterocycles. The predicted octanol–water partition coefficient (Wildman–Crippen LogP) is 3.16. The Morgan fingerprint density at radius 2 is 2.00 bits per heavy atom. The van der Waals surface area contributed by atoms with E-state index in [1.807, 2.05) is 12.1 Å². The van der Waals surface area contributed by atoms with Gasteiger partial charge in [0, 0.05) is 18.7 Å². The summed E-state index contributed by atoms with van der Waals surface area (Å²) in [4.78, 5) is 14.1. The van der Waals surface area contributed by atoms with Crippen LogP contribution in [0.3, 0.4) is 0 Å². The lowest BCUT2D eigenvalue weighted by molar-refractivity contribution is 0.0766. The summed E-state index contributed by atoms with van der Waals surface area (Å²) in [6.07, 6.45) is 0. The van der Waals surface area contributed by atoms with Gasteiger partial charge in [0.25, 0.3) is 5.91 Å². The zero-order chi connectivity index (χ0) is 15.0. The summed E-state index contributed by atoms with van der Waals surface area (Å²) < 4.78 is 13.4. The maximum absolute atomic E-state index is 13.4. The number of nitrogens with zero attached hydrogens (tertiary/aromatic N) is 2. The molecule has 1 amide bonds. The van der Waals surface area contributed by atoms with Gasteiger partial charge in [0.05, 0.1) is 11.6 Å². The Morgan fingerprint density at radius 3 is 2.67 bits per heavy atom. The van der Waals surface area contributed by atoms with Crippen molar-refractivity contribution in [3.8, 4) is 6.07 Å². The van der Waals surface area contributed by atoms with Crippen LogP contribution in [0.25, 0.3) is 0 Å². The molecule has 1 heterocycles. The molecule has 1 aliphatic rings. The van der Waals surface area contributed by atoms with Gasteiger partial charge < -0.3 is 4.90 Å². The van der Waals surface area contributed by atoms with Crippen LogP contribution < -0.4 is 0 Å². The molecule has 2 aromatic carbocycles. The lowest BCUT2D eigenvalue weighted by Crippen LogP contribution is -2.23. The molecule has 3 nitrogen and oxygen atoms in total. The van der Waals surface area contributed by atoms with Crippen LogP contribution >= 0.6 is 0 Å². The molecule has 0 aliphatic carbocycles. The topological polar surface area (TPSA) is 44.1 Å². The van der Waals surface area contributed by atoms with Gasteiger partial charge >= 0.3 is 0 Å². The van der Waals surface area contributed by atoms with Gasteiger partial charge in [0.1, 0.15) is 5.82 Å². The van der Waals surface area contributed by atoms with E-state index in [0.717, 1.165) is 11.1 Å². The number of amides is 1. The van der Waals surface area contributed by atoms with Crippen molar-refractivity contribution in [3.63, 3.8) is 0 Å². The van der Waals surface area contributed by atoms with Gasteiger partial charge in [-0.2, -0.15) is 5.26 Å².